The summed E-state index contributed by atoms with van der Waals surface area (Å²) < 4.78 is 22.6. The van der Waals surface area contributed by atoms with E-state index in [0.717, 1.165) is 6.29 Å². The second kappa shape index (κ2) is 11.2. The number of aldehydes is 1. The summed E-state index contributed by atoms with van der Waals surface area (Å²) in [5.74, 6) is 2.18. The van der Waals surface area contributed by atoms with Crippen LogP contribution >= 0.6 is 0 Å². The van der Waals surface area contributed by atoms with Crippen molar-refractivity contribution in [3.05, 3.63) is 72.1 Å². The highest BCUT2D eigenvalue weighted by Crippen LogP contribution is 2.37. The number of anilines is 1. The highest BCUT2D eigenvalue weighted by atomic mass is 16.5. The molecule has 0 saturated carbocycles. The van der Waals surface area contributed by atoms with Crippen LogP contribution in [0.4, 0.5) is 5.69 Å². The summed E-state index contributed by atoms with van der Waals surface area (Å²) in [7, 11) is 3.08. The van der Waals surface area contributed by atoms with Crippen LogP contribution in [0.3, 0.4) is 0 Å². The van der Waals surface area contributed by atoms with Gasteiger partial charge in [0.1, 0.15) is 24.1 Å². The molecular weight excluding hydrogens is 462 g/mol. The van der Waals surface area contributed by atoms with Gasteiger partial charge < -0.3 is 24.3 Å². The third kappa shape index (κ3) is 5.52. The van der Waals surface area contributed by atoms with E-state index >= 15 is 0 Å². The van der Waals surface area contributed by atoms with Crippen LogP contribution in [-0.2, 0) is 11.2 Å². The Kier molecular flexibility index (Phi) is 7.60. The zero-order chi connectivity index (χ0) is 25.5. The van der Waals surface area contributed by atoms with E-state index in [2.05, 4.69) is 15.3 Å². The predicted molar refractivity (Wildman–Crippen MR) is 134 cm³/mol. The summed E-state index contributed by atoms with van der Waals surface area (Å²) in [6, 6.07) is 15.4. The van der Waals surface area contributed by atoms with Gasteiger partial charge in [-0.1, -0.05) is 18.2 Å². The first-order valence-corrected chi connectivity index (χ1v) is 11.2. The number of rotatable bonds is 10. The van der Waals surface area contributed by atoms with Crippen LogP contribution in [0.2, 0.25) is 0 Å². The molecule has 1 amide bonds. The molecule has 0 aliphatic carbocycles. The first-order valence-electron chi connectivity index (χ1n) is 11.2. The van der Waals surface area contributed by atoms with Gasteiger partial charge in [-0.05, 0) is 31.2 Å². The first kappa shape index (κ1) is 24.5. The average Bonchev–Trinajstić information content (AvgIpc) is 2.89. The van der Waals surface area contributed by atoms with Crippen molar-refractivity contribution >= 4 is 28.8 Å². The number of nitrogens with zero attached hydrogens (tertiary/aromatic N) is 2. The Balaban J connectivity index is 1.55. The smallest absolute Gasteiger partial charge is 0.230 e. The van der Waals surface area contributed by atoms with Crippen molar-refractivity contribution in [2.45, 2.75) is 13.3 Å². The van der Waals surface area contributed by atoms with Crippen LogP contribution in [0.5, 0.6) is 28.9 Å². The van der Waals surface area contributed by atoms with Crippen molar-refractivity contribution in [1.82, 2.24) is 9.97 Å². The largest absolute Gasteiger partial charge is 0.496 e. The Morgan fingerprint density at radius 2 is 1.81 bits per heavy atom. The number of fused-ring (bicyclic) bond motifs is 1. The Bertz CT molecular complexity index is 1410. The summed E-state index contributed by atoms with van der Waals surface area (Å²) in [4.78, 5) is 32.1. The topological polar surface area (TPSA) is 109 Å². The lowest BCUT2D eigenvalue weighted by Crippen LogP contribution is -2.15. The zero-order valence-corrected chi connectivity index (χ0v) is 20.1. The van der Waals surface area contributed by atoms with E-state index in [1.165, 1.54) is 13.4 Å². The molecule has 0 aliphatic heterocycles. The Morgan fingerprint density at radius 1 is 0.972 bits per heavy atom. The van der Waals surface area contributed by atoms with Gasteiger partial charge in [-0.15, -0.1) is 0 Å². The number of nitrogens with one attached hydrogen (secondary N) is 1. The molecule has 9 nitrogen and oxygen atoms in total. The van der Waals surface area contributed by atoms with Gasteiger partial charge in [0.2, 0.25) is 11.8 Å². The fourth-order valence-electron chi connectivity index (χ4n) is 3.66. The van der Waals surface area contributed by atoms with Gasteiger partial charge in [0.15, 0.2) is 11.5 Å². The minimum absolute atomic E-state index is 0.0720. The normalized spacial score (nSPS) is 10.5. The number of aromatic nitrogens is 2. The molecule has 0 atom stereocenters. The number of amides is 1. The Hall–Kier alpha value is -4.66. The summed E-state index contributed by atoms with van der Waals surface area (Å²) in [6.07, 6.45) is 2.21. The lowest BCUT2D eigenvalue weighted by molar-refractivity contribution is -0.115. The van der Waals surface area contributed by atoms with Gasteiger partial charge in [-0.3, -0.25) is 9.59 Å². The maximum atomic E-state index is 12.6. The average molecular weight is 488 g/mol. The van der Waals surface area contributed by atoms with E-state index in [4.69, 9.17) is 18.9 Å². The number of carbonyl (C=O) groups is 2. The molecule has 4 rings (SSSR count). The molecular formula is C27H25N3O6. The van der Waals surface area contributed by atoms with Crippen LogP contribution in [0.25, 0.3) is 10.9 Å². The molecule has 1 N–H and O–H groups in total. The number of ether oxygens (including phenoxy) is 4. The molecule has 4 aromatic rings. The van der Waals surface area contributed by atoms with Gasteiger partial charge in [-0.25, -0.2) is 9.97 Å². The molecule has 0 fully saturated rings. The quantitative estimate of drug-likeness (QED) is 0.317. The lowest BCUT2D eigenvalue weighted by atomic mass is 10.1. The fourth-order valence-corrected chi connectivity index (χ4v) is 3.66. The van der Waals surface area contributed by atoms with Crippen molar-refractivity contribution < 1.29 is 28.5 Å². The molecule has 0 radical (unpaired) electrons. The van der Waals surface area contributed by atoms with Crippen LogP contribution < -0.4 is 24.3 Å². The molecule has 0 saturated heterocycles. The molecule has 0 unspecified atom stereocenters. The van der Waals surface area contributed by atoms with Gasteiger partial charge in [0.25, 0.3) is 0 Å². The second-order valence-electron chi connectivity index (χ2n) is 7.68. The number of hydrogen-bond donors (Lipinski definition) is 1. The SMILES string of the molecule is CCOc1cc2ncnc(Oc3ccc(CC(=O)Nc4cccc(C=O)c4)c(OC)c3)c2cc1OC. The van der Waals surface area contributed by atoms with Crippen LogP contribution in [0, 0.1) is 0 Å². The van der Waals surface area contributed by atoms with Gasteiger partial charge in [-0.2, -0.15) is 0 Å². The minimum Gasteiger partial charge on any atom is -0.496 e. The highest BCUT2D eigenvalue weighted by Gasteiger charge is 2.15. The third-order valence-electron chi connectivity index (χ3n) is 5.31. The predicted octanol–water partition coefficient (Wildman–Crippen LogP) is 4.83. The number of carbonyl (C=O) groups excluding carboxylic acids is 2. The van der Waals surface area contributed by atoms with Gasteiger partial charge >= 0.3 is 0 Å². The van der Waals surface area contributed by atoms with E-state index in [1.807, 2.05) is 6.92 Å². The maximum absolute atomic E-state index is 12.6. The molecule has 1 heterocycles. The lowest BCUT2D eigenvalue weighted by Gasteiger charge is -2.14. The Labute approximate surface area is 208 Å². The first-order chi connectivity index (χ1) is 17.5. The monoisotopic (exact) mass is 487 g/mol. The molecule has 36 heavy (non-hydrogen) atoms. The molecule has 0 spiro atoms. The molecule has 184 valence electrons. The summed E-state index contributed by atoms with van der Waals surface area (Å²) >= 11 is 0. The van der Waals surface area contributed by atoms with Crippen molar-refractivity contribution in [1.29, 1.82) is 0 Å². The third-order valence-corrected chi connectivity index (χ3v) is 5.31. The van der Waals surface area contributed by atoms with Crippen LogP contribution in [0.15, 0.2) is 60.9 Å². The standard InChI is InChI=1S/C27H25N3O6/c1-4-35-25-14-22-21(13-24(25)34-3)27(29-16-28-22)36-20-9-8-18(23(12-20)33-2)11-26(32)30-19-7-5-6-17(10-19)15-31/h5-10,12-16H,4,11H2,1-3H3,(H,30,32). The Morgan fingerprint density at radius 3 is 2.56 bits per heavy atom. The summed E-state index contributed by atoms with van der Waals surface area (Å²) in [5, 5.41) is 3.44. The van der Waals surface area contributed by atoms with E-state index in [1.54, 1.807) is 61.7 Å². The van der Waals surface area contributed by atoms with Crippen LogP contribution in [-0.4, -0.2) is 43.0 Å². The summed E-state index contributed by atoms with van der Waals surface area (Å²) in [5.41, 5.74) is 2.34. The minimum atomic E-state index is -0.246. The fraction of sp³-hybridized carbons (Fsp3) is 0.185. The van der Waals surface area contributed by atoms with Crippen molar-refractivity contribution in [3.8, 4) is 28.9 Å². The summed E-state index contributed by atoms with van der Waals surface area (Å²) in [6.45, 7) is 2.38. The number of benzene rings is 3. The van der Waals surface area contributed by atoms with Gasteiger partial charge in [0, 0.05) is 28.9 Å². The van der Waals surface area contributed by atoms with E-state index < -0.39 is 0 Å². The van der Waals surface area contributed by atoms with Crippen molar-refractivity contribution in [2.24, 2.45) is 0 Å². The van der Waals surface area contributed by atoms with Crippen LogP contribution in [0.1, 0.15) is 22.8 Å². The zero-order valence-electron chi connectivity index (χ0n) is 20.1. The molecule has 9 heteroatoms. The van der Waals surface area contributed by atoms with Gasteiger partial charge in [0.05, 0.1) is 38.2 Å². The van der Waals surface area contributed by atoms with E-state index in [-0.39, 0.29) is 12.3 Å². The molecule has 0 aliphatic rings. The van der Waals surface area contributed by atoms with Crippen molar-refractivity contribution in [2.75, 3.05) is 26.1 Å². The van der Waals surface area contributed by atoms with E-state index in [9.17, 15) is 9.59 Å². The maximum Gasteiger partial charge on any atom is 0.230 e. The van der Waals surface area contributed by atoms with E-state index in [0.29, 0.717) is 63.2 Å². The number of methoxy groups -OCH3 is 2. The molecule has 0 bridgehead atoms. The molecule has 1 aromatic heterocycles. The second-order valence-corrected chi connectivity index (χ2v) is 7.68. The van der Waals surface area contributed by atoms with Crippen molar-refractivity contribution in [3.63, 3.8) is 0 Å². The molecule has 3 aromatic carbocycles. The number of hydrogen-bond acceptors (Lipinski definition) is 8. The highest BCUT2D eigenvalue weighted by molar-refractivity contribution is 5.93.